The van der Waals surface area contributed by atoms with E-state index in [0.717, 1.165) is 0 Å². The molecule has 15 heavy (non-hydrogen) atoms. The zero-order valence-electron chi connectivity index (χ0n) is 9.86. The second-order valence-corrected chi connectivity index (χ2v) is 3.33. The molecule has 0 radical (unpaired) electrons. The predicted octanol–water partition coefficient (Wildman–Crippen LogP) is -0.155. The van der Waals surface area contributed by atoms with Crippen LogP contribution in [0.25, 0.3) is 0 Å². The fourth-order valence-electron chi connectivity index (χ4n) is 1.14. The minimum absolute atomic E-state index is 0.0356. The number of carbonyl (C=O) groups excluding carboxylic acids is 1. The van der Waals surface area contributed by atoms with Crippen molar-refractivity contribution in [2.45, 2.75) is 19.4 Å². The predicted molar refractivity (Wildman–Crippen MR) is 58.6 cm³/mol. The normalized spacial score (nSPS) is 12.5. The Morgan fingerprint density at radius 1 is 1.27 bits per heavy atom. The van der Waals surface area contributed by atoms with E-state index >= 15 is 0 Å². The molecule has 1 atom stereocenters. The third kappa shape index (κ3) is 5.71. The largest absolute Gasteiger partial charge is 0.383 e. The maximum absolute atomic E-state index is 11.8. The third-order valence-electron chi connectivity index (χ3n) is 2.20. The lowest BCUT2D eigenvalue weighted by Gasteiger charge is -2.24. The van der Waals surface area contributed by atoms with Crippen LogP contribution >= 0.6 is 0 Å². The van der Waals surface area contributed by atoms with Gasteiger partial charge in [0.15, 0.2) is 0 Å². The Kier molecular flexibility index (Phi) is 8.27. The Morgan fingerprint density at radius 3 is 2.07 bits per heavy atom. The van der Waals surface area contributed by atoms with Crippen molar-refractivity contribution in [3.8, 4) is 0 Å². The summed E-state index contributed by atoms with van der Waals surface area (Å²) in [6.07, 6.45) is 0.648. The Bertz CT molecular complexity index is 168. The van der Waals surface area contributed by atoms with Gasteiger partial charge in [-0.25, -0.2) is 0 Å². The highest BCUT2D eigenvalue weighted by molar-refractivity contribution is 5.81. The molecule has 0 saturated carbocycles. The average molecular weight is 218 g/mol. The van der Waals surface area contributed by atoms with E-state index in [9.17, 15) is 4.79 Å². The molecule has 0 saturated heterocycles. The van der Waals surface area contributed by atoms with Gasteiger partial charge in [-0.2, -0.15) is 0 Å². The number of methoxy groups -OCH3 is 2. The number of rotatable bonds is 8. The molecule has 0 aliphatic carbocycles. The third-order valence-corrected chi connectivity index (χ3v) is 2.20. The molecular weight excluding hydrogens is 196 g/mol. The maximum Gasteiger partial charge on any atom is 0.239 e. The second-order valence-electron chi connectivity index (χ2n) is 3.33. The van der Waals surface area contributed by atoms with Crippen LogP contribution in [0.2, 0.25) is 0 Å². The maximum atomic E-state index is 11.8. The summed E-state index contributed by atoms with van der Waals surface area (Å²) in [6.45, 7) is 4.06. The number of nitrogens with two attached hydrogens (primary N) is 1. The molecule has 0 aromatic heterocycles. The number of carbonyl (C=O) groups is 1. The van der Waals surface area contributed by atoms with Crippen molar-refractivity contribution in [1.29, 1.82) is 0 Å². The molecule has 90 valence electrons. The van der Waals surface area contributed by atoms with Gasteiger partial charge in [0.1, 0.15) is 0 Å². The van der Waals surface area contributed by atoms with Gasteiger partial charge in [0.2, 0.25) is 5.91 Å². The Hall–Kier alpha value is -0.650. The van der Waals surface area contributed by atoms with Gasteiger partial charge in [-0.3, -0.25) is 4.79 Å². The van der Waals surface area contributed by atoms with Crippen LogP contribution in [-0.2, 0) is 14.3 Å². The number of amides is 1. The fraction of sp³-hybridized carbons (Fsp3) is 0.900. The number of ether oxygens (including phenoxy) is 2. The van der Waals surface area contributed by atoms with Crippen molar-refractivity contribution in [2.24, 2.45) is 5.73 Å². The average Bonchev–Trinajstić information content (AvgIpc) is 2.27. The van der Waals surface area contributed by atoms with Crippen LogP contribution in [0.5, 0.6) is 0 Å². The minimum atomic E-state index is -0.418. The van der Waals surface area contributed by atoms with Gasteiger partial charge in [-0.05, 0) is 6.42 Å². The van der Waals surface area contributed by atoms with Crippen molar-refractivity contribution in [3.05, 3.63) is 0 Å². The van der Waals surface area contributed by atoms with Crippen molar-refractivity contribution >= 4 is 5.91 Å². The van der Waals surface area contributed by atoms with E-state index in [-0.39, 0.29) is 5.91 Å². The molecule has 0 bridgehead atoms. The zero-order valence-corrected chi connectivity index (χ0v) is 9.86. The summed E-state index contributed by atoms with van der Waals surface area (Å²) in [5.41, 5.74) is 5.69. The fourth-order valence-corrected chi connectivity index (χ4v) is 1.14. The lowest BCUT2D eigenvalue weighted by molar-refractivity contribution is -0.133. The highest BCUT2D eigenvalue weighted by Crippen LogP contribution is 1.97. The summed E-state index contributed by atoms with van der Waals surface area (Å²) >= 11 is 0. The molecule has 0 rings (SSSR count). The van der Waals surface area contributed by atoms with E-state index in [2.05, 4.69) is 0 Å². The van der Waals surface area contributed by atoms with Crippen LogP contribution in [0, 0.1) is 0 Å². The Morgan fingerprint density at radius 2 is 1.73 bits per heavy atom. The van der Waals surface area contributed by atoms with E-state index in [4.69, 9.17) is 15.2 Å². The summed E-state index contributed by atoms with van der Waals surface area (Å²) in [4.78, 5) is 13.5. The molecule has 2 N–H and O–H groups in total. The van der Waals surface area contributed by atoms with Crippen molar-refractivity contribution in [3.63, 3.8) is 0 Å². The molecule has 0 aliphatic heterocycles. The van der Waals surface area contributed by atoms with Gasteiger partial charge in [0, 0.05) is 27.3 Å². The highest BCUT2D eigenvalue weighted by Gasteiger charge is 2.18. The molecular formula is C10H22N2O3. The van der Waals surface area contributed by atoms with Crippen LogP contribution in [0.15, 0.2) is 0 Å². The summed E-state index contributed by atoms with van der Waals surface area (Å²) < 4.78 is 9.88. The van der Waals surface area contributed by atoms with E-state index < -0.39 is 6.04 Å². The molecule has 1 unspecified atom stereocenters. The van der Waals surface area contributed by atoms with Gasteiger partial charge >= 0.3 is 0 Å². The molecule has 0 spiro atoms. The van der Waals surface area contributed by atoms with Crippen molar-refractivity contribution in [2.75, 3.05) is 40.5 Å². The van der Waals surface area contributed by atoms with Gasteiger partial charge in [-0.15, -0.1) is 0 Å². The molecule has 5 heteroatoms. The Labute approximate surface area is 91.5 Å². The SMILES string of the molecule is CCC(N)C(=O)N(CCOC)CCOC. The zero-order chi connectivity index (χ0) is 11.7. The lowest BCUT2D eigenvalue weighted by atomic mass is 10.2. The quantitative estimate of drug-likeness (QED) is 0.615. The van der Waals surface area contributed by atoms with E-state index in [1.54, 1.807) is 19.1 Å². The molecule has 0 fully saturated rings. The van der Waals surface area contributed by atoms with Crippen molar-refractivity contribution < 1.29 is 14.3 Å². The standard InChI is InChI=1S/C10H22N2O3/c1-4-9(11)10(13)12(5-7-14-2)6-8-15-3/h9H,4-8,11H2,1-3H3. The molecule has 0 aromatic rings. The van der Waals surface area contributed by atoms with Gasteiger partial charge in [0.05, 0.1) is 19.3 Å². The van der Waals surface area contributed by atoms with Gasteiger partial charge < -0.3 is 20.1 Å². The number of hydrogen-bond donors (Lipinski definition) is 1. The van der Waals surface area contributed by atoms with E-state index in [1.807, 2.05) is 6.92 Å². The van der Waals surface area contributed by atoms with E-state index in [1.165, 1.54) is 0 Å². The molecule has 0 heterocycles. The first kappa shape index (κ1) is 14.3. The summed E-state index contributed by atoms with van der Waals surface area (Å²) in [5, 5.41) is 0. The number of nitrogens with zero attached hydrogens (tertiary/aromatic N) is 1. The molecule has 0 aromatic carbocycles. The first-order valence-corrected chi connectivity index (χ1v) is 5.19. The highest BCUT2D eigenvalue weighted by atomic mass is 16.5. The topological polar surface area (TPSA) is 64.8 Å². The minimum Gasteiger partial charge on any atom is -0.383 e. The van der Waals surface area contributed by atoms with Crippen LogP contribution in [-0.4, -0.2) is 57.4 Å². The van der Waals surface area contributed by atoms with Crippen LogP contribution < -0.4 is 5.73 Å². The van der Waals surface area contributed by atoms with Crippen LogP contribution in [0.3, 0.4) is 0 Å². The summed E-state index contributed by atoms with van der Waals surface area (Å²) in [6, 6.07) is -0.418. The molecule has 1 amide bonds. The number of hydrogen-bond acceptors (Lipinski definition) is 4. The first-order valence-electron chi connectivity index (χ1n) is 5.19. The smallest absolute Gasteiger partial charge is 0.239 e. The van der Waals surface area contributed by atoms with Gasteiger partial charge in [0.25, 0.3) is 0 Å². The monoisotopic (exact) mass is 218 g/mol. The summed E-state index contributed by atoms with van der Waals surface area (Å²) in [7, 11) is 3.22. The van der Waals surface area contributed by atoms with Crippen molar-refractivity contribution in [1.82, 2.24) is 4.90 Å². The molecule has 5 nitrogen and oxygen atoms in total. The van der Waals surface area contributed by atoms with E-state index in [0.29, 0.717) is 32.7 Å². The Balaban J connectivity index is 4.13. The molecule has 0 aliphatic rings. The summed E-state index contributed by atoms with van der Waals surface area (Å²) in [5.74, 6) is -0.0356. The first-order chi connectivity index (χ1) is 7.17. The lowest BCUT2D eigenvalue weighted by Crippen LogP contribution is -2.46. The van der Waals surface area contributed by atoms with Gasteiger partial charge in [-0.1, -0.05) is 6.92 Å². The van der Waals surface area contributed by atoms with Crippen LogP contribution in [0.1, 0.15) is 13.3 Å². The van der Waals surface area contributed by atoms with Crippen LogP contribution in [0.4, 0.5) is 0 Å². The second kappa shape index (κ2) is 8.64.